The van der Waals surface area contributed by atoms with E-state index < -0.39 is 0 Å². The highest BCUT2D eigenvalue weighted by atomic mass is 15.3. The predicted octanol–water partition coefficient (Wildman–Crippen LogP) is -0.700. The first-order valence-corrected chi connectivity index (χ1v) is 4.76. The smallest absolute Gasteiger partial charge is 0.256 e. The minimum atomic E-state index is 0.0211. The van der Waals surface area contributed by atoms with Crippen molar-refractivity contribution in [2.45, 2.75) is 20.8 Å². The molecule has 0 bridgehead atoms. The first-order chi connectivity index (χ1) is 7.00. The molecule has 0 aliphatic heterocycles. The molecule has 0 aliphatic rings. The van der Waals surface area contributed by atoms with Gasteiger partial charge in [0.2, 0.25) is 6.21 Å². The molecule has 80 valence electrons. The Hall–Kier alpha value is -1.84. The van der Waals surface area contributed by atoms with Crippen molar-refractivity contribution >= 4 is 12.2 Å². The summed E-state index contributed by atoms with van der Waals surface area (Å²) in [6, 6.07) is 4.23. The normalized spacial score (nSPS) is 10.6. The molecule has 0 saturated carbocycles. The molecule has 0 aromatic heterocycles. The van der Waals surface area contributed by atoms with Crippen molar-refractivity contribution in [2.24, 2.45) is 16.6 Å². The maximum atomic E-state index is 5.19. The van der Waals surface area contributed by atoms with Gasteiger partial charge >= 0.3 is 0 Å². The zero-order valence-corrected chi connectivity index (χ0v) is 9.33. The van der Waals surface area contributed by atoms with Gasteiger partial charge in [-0.1, -0.05) is 6.07 Å². The Balaban J connectivity index is 3.01. The fourth-order valence-corrected chi connectivity index (χ4v) is 1.31. The summed E-state index contributed by atoms with van der Waals surface area (Å²) in [5.74, 6) is 0.0211. The van der Waals surface area contributed by atoms with Gasteiger partial charge < -0.3 is 11.5 Å². The zero-order chi connectivity index (χ0) is 11.4. The molecule has 5 N–H and O–H groups in total. The molecule has 0 heterocycles. The molecule has 0 amide bonds. The van der Waals surface area contributed by atoms with Crippen molar-refractivity contribution in [1.29, 1.82) is 0 Å². The quantitative estimate of drug-likeness (QED) is 0.339. The monoisotopic (exact) mass is 205 g/mol. The molecule has 0 aliphatic carbocycles. The molecule has 0 atom stereocenters. The van der Waals surface area contributed by atoms with Crippen molar-refractivity contribution in [1.82, 2.24) is 0 Å². The van der Waals surface area contributed by atoms with E-state index in [1.165, 1.54) is 16.7 Å². The molecule has 0 fully saturated rings. The van der Waals surface area contributed by atoms with E-state index in [-0.39, 0.29) is 5.96 Å². The third-order valence-corrected chi connectivity index (χ3v) is 2.30. The molecule has 15 heavy (non-hydrogen) atoms. The van der Waals surface area contributed by atoms with Crippen LogP contribution < -0.4 is 16.6 Å². The Kier molecular flexibility index (Phi) is 3.44. The van der Waals surface area contributed by atoms with E-state index in [4.69, 9.17) is 11.5 Å². The number of rotatable bonds is 2. The molecule has 0 spiro atoms. The van der Waals surface area contributed by atoms with Gasteiger partial charge in [0.1, 0.15) is 0 Å². The number of nitrogens with zero attached hydrogens (tertiary/aromatic N) is 1. The van der Waals surface area contributed by atoms with E-state index in [0.717, 1.165) is 5.56 Å². The van der Waals surface area contributed by atoms with Gasteiger partial charge in [-0.2, -0.15) is 0 Å². The van der Waals surface area contributed by atoms with Gasteiger partial charge in [0, 0.05) is 10.7 Å². The Morgan fingerprint density at radius 2 is 1.73 bits per heavy atom. The SMILES string of the molecule is Cc1cc(C)c(/C=[NH+]\N=C(N)N)cc1C. The van der Waals surface area contributed by atoms with E-state index in [2.05, 4.69) is 43.1 Å². The summed E-state index contributed by atoms with van der Waals surface area (Å²) in [6.45, 7) is 6.22. The number of hydrogen-bond donors (Lipinski definition) is 3. The van der Waals surface area contributed by atoms with Crippen LogP contribution in [0.4, 0.5) is 0 Å². The lowest BCUT2D eigenvalue weighted by Gasteiger charge is -2.03. The summed E-state index contributed by atoms with van der Waals surface area (Å²) in [6.07, 6.45) is 1.78. The standard InChI is InChI=1S/C11H16N4/c1-7-4-9(3)10(5-8(7)2)6-14-15-11(12)13/h4-6H,1-3H3,(H4,12,13,15)/p+1/b14-6-. The van der Waals surface area contributed by atoms with Crippen LogP contribution in [0.25, 0.3) is 0 Å². The number of hydrogen-bond acceptors (Lipinski definition) is 1. The first kappa shape index (κ1) is 11.2. The number of benzene rings is 1. The van der Waals surface area contributed by atoms with Crippen LogP contribution in [0.15, 0.2) is 17.2 Å². The van der Waals surface area contributed by atoms with E-state index in [1.807, 2.05) is 0 Å². The molecular weight excluding hydrogens is 188 g/mol. The zero-order valence-electron chi connectivity index (χ0n) is 9.33. The Bertz CT molecular complexity index is 415. The number of nitrogens with two attached hydrogens (primary N) is 2. The minimum absolute atomic E-state index is 0.0211. The van der Waals surface area contributed by atoms with Gasteiger partial charge in [0.05, 0.1) is 0 Å². The average molecular weight is 205 g/mol. The Morgan fingerprint density at radius 1 is 1.13 bits per heavy atom. The van der Waals surface area contributed by atoms with Crippen LogP contribution in [0.1, 0.15) is 22.3 Å². The van der Waals surface area contributed by atoms with Crippen molar-refractivity contribution in [3.8, 4) is 0 Å². The van der Waals surface area contributed by atoms with Gasteiger partial charge in [-0.05, 0) is 43.5 Å². The van der Waals surface area contributed by atoms with Crippen LogP contribution in [-0.4, -0.2) is 12.2 Å². The maximum Gasteiger partial charge on any atom is 0.256 e. The molecule has 0 unspecified atom stereocenters. The largest absolute Gasteiger partial charge is 0.365 e. The van der Waals surface area contributed by atoms with Crippen LogP contribution in [0.2, 0.25) is 0 Å². The first-order valence-electron chi connectivity index (χ1n) is 4.76. The second-order valence-corrected chi connectivity index (χ2v) is 3.60. The van der Waals surface area contributed by atoms with Crippen molar-refractivity contribution in [2.75, 3.05) is 0 Å². The number of aryl methyl sites for hydroxylation is 3. The van der Waals surface area contributed by atoms with Crippen molar-refractivity contribution in [3.05, 3.63) is 34.4 Å². The summed E-state index contributed by atoms with van der Waals surface area (Å²) in [7, 11) is 0. The number of nitrogens with one attached hydrogen (secondary N) is 1. The van der Waals surface area contributed by atoms with E-state index >= 15 is 0 Å². The molecule has 4 heteroatoms. The van der Waals surface area contributed by atoms with Gasteiger partial charge in [-0.3, -0.25) is 0 Å². The van der Waals surface area contributed by atoms with E-state index in [1.54, 1.807) is 6.21 Å². The third-order valence-electron chi connectivity index (χ3n) is 2.30. The molecular formula is C11H17N4+. The third kappa shape index (κ3) is 3.09. The second kappa shape index (κ2) is 4.59. The van der Waals surface area contributed by atoms with Crippen LogP contribution in [0, 0.1) is 20.8 Å². The second-order valence-electron chi connectivity index (χ2n) is 3.60. The van der Waals surface area contributed by atoms with E-state index in [9.17, 15) is 0 Å². The highest BCUT2D eigenvalue weighted by molar-refractivity contribution is 5.79. The fraction of sp³-hybridized carbons (Fsp3) is 0.273. The summed E-state index contributed by atoms with van der Waals surface area (Å²) < 4.78 is 0. The molecule has 4 nitrogen and oxygen atoms in total. The van der Waals surface area contributed by atoms with Crippen molar-refractivity contribution in [3.63, 3.8) is 0 Å². The predicted molar refractivity (Wildman–Crippen MR) is 62.6 cm³/mol. The highest BCUT2D eigenvalue weighted by Gasteiger charge is 2.01. The summed E-state index contributed by atoms with van der Waals surface area (Å²) in [4.78, 5) is 0. The summed E-state index contributed by atoms with van der Waals surface area (Å²) >= 11 is 0. The molecule has 1 aromatic rings. The van der Waals surface area contributed by atoms with Crippen molar-refractivity contribution < 1.29 is 5.10 Å². The van der Waals surface area contributed by atoms with Crippen LogP contribution in [0.3, 0.4) is 0 Å². The molecule has 0 radical (unpaired) electrons. The highest BCUT2D eigenvalue weighted by Crippen LogP contribution is 2.12. The van der Waals surface area contributed by atoms with Gasteiger partial charge in [-0.25, -0.2) is 0 Å². The van der Waals surface area contributed by atoms with Crippen LogP contribution in [0.5, 0.6) is 0 Å². The molecule has 0 saturated heterocycles. The maximum absolute atomic E-state index is 5.19. The van der Waals surface area contributed by atoms with E-state index in [0.29, 0.717) is 0 Å². The van der Waals surface area contributed by atoms with Crippen LogP contribution in [-0.2, 0) is 0 Å². The minimum Gasteiger partial charge on any atom is -0.365 e. The van der Waals surface area contributed by atoms with Gasteiger partial charge in [-0.15, -0.1) is 5.10 Å². The molecule has 1 aromatic carbocycles. The van der Waals surface area contributed by atoms with Gasteiger partial charge in [0.15, 0.2) is 0 Å². The fourth-order valence-electron chi connectivity index (χ4n) is 1.31. The lowest BCUT2D eigenvalue weighted by atomic mass is 10.0. The Morgan fingerprint density at radius 3 is 2.33 bits per heavy atom. The molecule has 1 rings (SSSR count). The lowest BCUT2D eigenvalue weighted by Crippen LogP contribution is -2.63. The Labute approximate surface area is 89.7 Å². The lowest BCUT2D eigenvalue weighted by molar-refractivity contribution is -0.456. The van der Waals surface area contributed by atoms with Gasteiger partial charge in [0.25, 0.3) is 5.96 Å². The van der Waals surface area contributed by atoms with Crippen LogP contribution >= 0.6 is 0 Å². The number of hydrazone groups is 1. The number of guanidine groups is 1. The summed E-state index contributed by atoms with van der Waals surface area (Å²) in [5.41, 5.74) is 15.2. The topological polar surface area (TPSA) is 78.4 Å². The average Bonchev–Trinajstić information content (AvgIpc) is 2.13. The summed E-state index contributed by atoms with van der Waals surface area (Å²) in [5, 5.41) is 6.38.